The topological polar surface area (TPSA) is 23.5 Å². The zero-order valence-electron chi connectivity index (χ0n) is 12.4. The summed E-state index contributed by atoms with van der Waals surface area (Å²) in [5, 5.41) is 9.18. The molecule has 2 heteroatoms. The number of benzene rings is 2. The SMILES string of the molecule is OCCN(C/C=C/c1ccccc1)CCc1ccccc1. The third kappa shape index (κ3) is 5.94. The molecule has 0 saturated carbocycles. The fourth-order valence-corrected chi connectivity index (χ4v) is 2.27. The van der Waals surface area contributed by atoms with Gasteiger partial charge in [0.05, 0.1) is 6.61 Å². The summed E-state index contributed by atoms with van der Waals surface area (Å²) in [6.45, 7) is 2.74. The fourth-order valence-electron chi connectivity index (χ4n) is 2.27. The second-order valence-electron chi connectivity index (χ2n) is 5.07. The van der Waals surface area contributed by atoms with E-state index in [1.54, 1.807) is 0 Å². The molecule has 0 aromatic heterocycles. The summed E-state index contributed by atoms with van der Waals surface area (Å²) in [7, 11) is 0. The Morgan fingerprint density at radius 3 is 2.19 bits per heavy atom. The van der Waals surface area contributed by atoms with Crippen molar-refractivity contribution in [2.45, 2.75) is 6.42 Å². The van der Waals surface area contributed by atoms with Crippen LogP contribution in [-0.4, -0.2) is 36.2 Å². The molecule has 2 nitrogen and oxygen atoms in total. The molecule has 0 aliphatic heterocycles. The molecule has 2 aromatic rings. The molecule has 0 unspecified atom stereocenters. The first-order valence-electron chi connectivity index (χ1n) is 7.47. The number of nitrogens with zero attached hydrogens (tertiary/aromatic N) is 1. The van der Waals surface area contributed by atoms with Gasteiger partial charge >= 0.3 is 0 Å². The molecular formula is C19H23NO. The van der Waals surface area contributed by atoms with Crippen LogP contribution in [0.1, 0.15) is 11.1 Å². The number of hydrogen-bond acceptors (Lipinski definition) is 2. The van der Waals surface area contributed by atoms with Crippen molar-refractivity contribution in [3.05, 3.63) is 77.9 Å². The van der Waals surface area contributed by atoms with Crippen LogP contribution in [0.5, 0.6) is 0 Å². The van der Waals surface area contributed by atoms with Gasteiger partial charge in [0.25, 0.3) is 0 Å². The minimum Gasteiger partial charge on any atom is -0.395 e. The van der Waals surface area contributed by atoms with Gasteiger partial charge in [0.2, 0.25) is 0 Å². The van der Waals surface area contributed by atoms with Gasteiger partial charge in [-0.3, -0.25) is 4.90 Å². The van der Waals surface area contributed by atoms with Crippen molar-refractivity contribution in [2.75, 3.05) is 26.2 Å². The van der Waals surface area contributed by atoms with E-state index in [2.05, 4.69) is 53.5 Å². The van der Waals surface area contributed by atoms with Gasteiger partial charge < -0.3 is 5.11 Å². The maximum Gasteiger partial charge on any atom is 0.0558 e. The Bertz CT molecular complexity index is 522. The predicted octanol–water partition coefficient (Wildman–Crippen LogP) is 3.24. The van der Waals surface area contributed by atoms with Crippen LogP contribution in [0.4, 0.5) is 0 Å². The van der Waals surface area contributed by atoms with Crippen LogP contribution in [-0.2, 0) is 6.42 Å². The van der Waals surface area contributed by atoms with E-state index in [1.807, 2.05) is 24.3 Å². The van der Waals surface area contributed by atoms with E-state index in [0.29, 0.717) is 6.54 Å². The first-order chi connectivity index (χ1) is 10.4. The molecule has 0 saturated heterocycles. The third-order valence-electron chi connectivity index (χ3n) is 3.45. The summed E-state index contributed by atoms with van der Waals surface area (Å²) in [4.78, 5) is 2.27. The standard InChI is InChI=1S/C19H23NO/c21-17-16-20(15-13-19-10-5-2-6-11-19)14-7-12-18-8-3-1-4-9-18/h1-12,21H,13-17H2/b12-7+. The maximum atomic E-state index is 9.18. The molecule has 21 heavy (non-hydrogen) atoms. The first-order valence-corrected chi connectivity index (χ1v) is 7.47. The van der Waals surface area contributed by atoms with E-state index in [9.17, 15) is 5.11 Å². The van der Waals surface area contributed by atoms with E-state index in [4.69, 9.17) is 0 Å². The molecule has 0 bridgehead atoms. The summed E-state index contributed by atoms with van der Waals surface area (Å²) in [5.41, 5.74) is 2.55. The maximum absolute atomic E-state index is 9.18. The lowest BCUT2D eigenvalue weighted by molar-refractivity contribution is 0.210. The van der Waals surface area contributed by atoms with Crippen LogP contribution in [0.25, 0.3) is 6.08 Å². The zero-order chi connectivity index (χ0) is 14.8. The third-order valence-corrected chi connectivity index (χ3v) is 3.45. The first kappa shape index (κ1) is 15.5. The van der Waals surface area contributed by atoms with E-state index in [0.717, 1.165) is 19.5 Å². The molecule has 0 spiro atoms. The predicted molar refractivity (Wildman–Crippen MR) is 89.1 cm³/mol. The van der Waals surface area contributed by atoms with Crippen molar-refractivity contribution in [1.82, 2.24) is 4.90 Å². The summed E-state index contributed by atoms with van der Waals surface area (Å²) >= 11 is 0. The van der Waals surface area contributed by atoms with E-state index < -0.39 is 0 Å². The molecule has 0 aliphatic rings. The van der Waals surface area contributed by atoms with Crippen molar-refractivity contribution in [3.63, 3.8) is 0 Å². The monoisotopic (exact) mass is 281 g/mol. The van der Waals surface area contributed by atoms with Crippen molar-refractivity contribution in [3.8, 4) is 0 Å². The highest BCUT2D eigenvalue weighted by molar-refractivity contribution is 5.48. The molecule has 0 amide bonds. The number of rotatable bonds is 8. The zero-order valence-corrected chi connectivity index (χ0v) is 12.4. The van der Waals surface area contributed by atoms with Gasteiger partial charge in [0, 0.05) is 19.6 Å². The Labute approximate surface area is 127 Å². The minimum absolute atomic E-state index is 0.202. The van der Waals surface area contributed by atoms with Gasteiger partial charge in [-0.15, -0.1) is 0 Å². The average molecular weight is 281 g/mol. The van der Waals surface area contributed by atoms with Gasteiger partial charge in [-0.05, 0) is 17.5 Å². The lowest BCUT2D eigenvalue weighted by atomic mass is 10.1. The van der Waals surface area contributed by atoms with Gasteiger partial charge in [-0.25, -0.2) is 0 Å². The van der Waals surface area contributed by atoms with Gasteiger partial charge in [-0.2, -0.15) is 0 Å². The molecular weight excluding hydrogens is 258 g/mol. The minimum atomic E-state index is 0.202. The molecule has 110 valence electrons. The highest BCUT2D eigenvalue weighted by Gasteiger charge is 2.02. The van der Waals surface area contributed by atoms with E-state index in [1.165, 1.54) is 11.1 Å². The molecule has 0 fully saturated rings. The summed E-state index contributed by atoms with van der Waals surface area (Å²) in [5.74, 6) is 0. The Morgan fingerprint density at radius 1 is 0.857 bits per heavy atom. The lowest BCUT2D eigenvalue weighted by Gasteiger charge is -2.19. The van der Waals surface area contributed by atoms with Crippen LogP contribution in [0.15, 0.2) is 66.7 Å². The highest BCUT2D eigenvalue weighted by Crippen LogP contribution is 2.04. The van der Waals surface area contributed by atoms with Crippen molar-refractivity contribution >= 4 is 6.08 Å². The lowest BCUT2D eigenvalue weighted by Crippen LogP contribution is -2.29. The van der Waals surface area contributed by atoms with Crippen LogP contribution in [0.3, 0.4) is 0 Å². The van der Waals surface area contributed by atoms with Crippen LogP contribution >= 0.6 is 0 Å². The Balaban J connectivity index is 1.83. The number of aliphatic hydroxyl groups is 1. The summed E-state index contributed by atoms with van der Waals surface area (Å²) in [6, 6.07) is 20.8. The van der Waals surface area contributed by atoms with Crippen LogP contribution < -0.4 is 0 Å². The quantitative estimate of drug-likeness (QED) is 0.803. The number of aliphatic hydroxyl groups excluding tert-OH is 1. The summed E-state index contributed by atoms with van der Waals surface area (Å²) in [6.07, 6.45) is 5.31. The Hall–Kier alpha value is -1.90. The molecule has 0 radical (unpaired) electrons. The number of hydrogen-bond donors (Lipinski definition) is 1. The molecule has 1 N–H and O–H groups in total. The highest BCUT2D eigenvalue weighted by atomic mass is 16.3. The molecule has 0 heterocycles. The normalized spacial score (nSPS) is 11.3. The molecule has 0 atom stereocenters. The van der Waals surface area contributed by atoms with E-state index in [-0.39, 0.29) is 6.61 Å². The Morgan fingerprint density at radius 2 is 1.52 bits per heavy atom. The largest absolute Gasteiger partial charge is 0.395 e. The fraction of sp³-hybridized carbons (Fsp3) is 0.263. The average Bonchev–Trinajstić information content (AvgIpc) is 2.54. The summed E-state index contributed by atoms with van der Waals surface area (Å²) < 4.78 is 0. The second-order valence-corrected chi connectivity index (χ2v) is 5.07. The second kappa shape index (κ2) is 9.11. The van der Waals surface area contributed by atoms with Crippen LogP contribution in [0, 0.1) is 0 Å². The van der Waals surface area contributed by atoms with Gasteiger partial charge in [0.15, 0.2) is 0 Å². The van der Waals surface area contributed by atoms with Crippen LogP contribution in [0.2, 0.25) is 0 Å². The van der Waals surface area contributed by atoms with Crippen molar-refractivity contribution in [2.24, 2.45) is 0 Å². The van der Waals surface area contributed by atoms with Gasteiger partial charge in [0.1, 0.15) is 0 Å². The smallest absolute Gasteiger partial charge is 0.0558 e. The van der Waals surface area contributed by atoms with Crippen molar-refractivity contribution < 1.29 is 5.11 Å². The van der Waals surface area contributed by atoms with Crippen molar-refractivity contribution in [1.29, 1.82) is 0 Å². The van der Waals surface area contributed by atoms with Gasteiger partial charge in [-0.1, -0.05) is 72.8 Å². The molecule has 2 rings (SSSR count). The van der Waals surface area contributed by atoms with E-state index >= 15 is 0 Å². The molecule has 2 aromatic carbocycles. The Kier molecular flexibility index (Phi) is 6.72. The molecule has 0 aliphatic carbocycles.